The Morgan fingerprint density at radius 1 is 0.815 bits per heavy atom. The minimum absolute atomic E-state index is 0. The Balaban J connectivity index is 0.00000210. The minimum Gasteiger partial charge on any atom is -0.493 e. The molecule has 4 rings (SSSR count). The lowest BCUT2D eigenvalue weighted by Crippen LogP contribution is -2.38. The smallest absolute Gasteiger partial charge is 0.127 e. The molecule has 1 heterocycles. The maximum atomic E-state index is 6.34. The summed E-state index contributed by atoms with van der Waals surface area (Å²) in [5, 5.41) is 3.54. The van der Waals surface area contributed by atoms with Crippen molar-refractivity contribution >= 4 is 12.4 Å². The maximum absolute atomic E-state index is 6.34. The molecule has 27 heavy (non-hydrogen) atoms. The van der Waals surface area contributed by atoms with Gasteiger partial charge in [-0.3, -0.25) is 0 Å². The Kier molecular flexibility index (Phi) is 6.92. The van der Waals surface area contributed by atoms with Crippen LogP contribution in [0.5, 0.6) is 5.75 Å². The highest BCUT2D eigenvalue weighted by Gasteiger charge is 2.27. The van der Waals surface area contributed by atoms with Crippen LogP contribution in [0.15, 0.2) is 84.9 Å². The van der Waals surface area contributed by atoms with Crippen LogP contribution in [0.3, 0.4) is 0 Å². The third kappa shape index (κ3) is 4.71. The molecule has 3 heteroatoms. The molecule has 140 valence electrons. The van der Waals surface area contributed by atoms with Crippen molar-refractivity contribution in [2.24, 2.45) is 5.92 Å². The highest BCUT2D eigenvalue weighted by molar-refractivity contribution is 5.85. The summed E-state index contributed by atoms with van der Waals surface area (Å²) in [5.74, 6) is 2.01. The number of hydrogen-bond donors (Lipinski definition) is 1. The van der Waals surface area contributed by atoms with Gasteiger partial charge in [-0.15, -0.1) is 12.4 Å². The molecule has 3 aromatic carbocycles. The van der Waals surface area contributed by atoms with E-state index in [1.807, 2.05) is 6.07 Å². The second-order valence-electron chi connectivity index (χ2n) is 6.94. The molecule has 0 bridgehead atoms. The number of benzene rings is 3. The first-order valence-electron chi connectivity index (χ1n) is 9.45. The van der Waals surface area contributed by atoms with Gasteiger partial charge in [0.2, 0.25) is 0 Å². The topological polar surface area (TPSA) is 21.3 Å². The van der Waals surface area contributed by atoms with Crippen molar-refractivity contribution < 1.29 is 4.74 Å². The molecule has 0 radical (unpaired) electrons. The molecule has 3 aromatic rings. The molecule has 0 aromatic heterocycles. The van der Waals surface area contributed by atoms with Gasteiger partial charge in [0, 0.05) is 18.0 Å². The lowest BCUT2D eigenvalue weighted by molar-refractivity contribution is 0.197. The molecule has 1 saturated heterocycles. The average molecular weight is 380 g/mol. The first kappa shape index (κ1) is 19.5. The number of para-hydroxylation sites is 1. The average Bonchev–Trinajstić information content (AvgIpc) is 2.74. The van der Waals surface area contributed by atoms with Crippen molar-refractivity contribution in [3.05, 3.63) is 90.5 Å². The van der Waals surface area contributed by atoms with Crippen molar-refractivity contribution in [1.29, 1.82) is 0 Å². The standard InChI is InChI=1S/C24H25NO.ClH/c1-3-9-19(10-4-1)22-15-16-25-17-21(22)18-26-24-14-8-7-13-23(24)20-11-5-2-6-12-20;/h1-14,21-22,25H,15-18H2;1H/t21-,22+;/m1./s1. The van der Waals surface area contributed by atoms with Gasteiger partial charge in [-0.2, -0.15) is 0 Å². The highest BCUT2D eigenvalue weighted by Crippen LogP contribution is 2.33. The molecule has 1 N–H and O–H groups in total. The molecule has 0 aliphatic carbocycles. The number of ether oxygens (including phenoxy) is 1. The summed E-state index contributed by atoms with van der Waals surface area (Å²) < 4.78 is 6.34. The molecule has 2 atom stereocenters. The van der Waals surface area contributed by atoms with Gasteiger partial charge in [0.1, 0.15) is 5.75 Å². The van der Waals surface area contributed by atoms with Crippen LogP contribution < -0.4 is 10.1 Å². The third-order valence-corrected chi connectivity index (χ3v) is 5.26. The van der Waals surface area contributed by atoms with E-state index in [0.717, 1.165) is 31.0 Å². The van der Waals surface area contributed by atoms with Crippen molar-refractivity contribution in [2.75, 3.05) is 19.7 Å². The van der Waals surface area contributed by atoms with Crippen LogP contribution in [-0.2, 0) is 0 Å². The fourth-order valence-electron chi connectivity index (χ4n) is 3.88. The third-order valence-electron chi connectivity index (χ3n) is 5.26. The molecule has 0 spiro atoms. The molecular formula is C24H26ClNO. The second-order valence-corrected chi connectivity index (χ2v) is 6.94. The van der Waals surface area contributed by atoms with Gasteiger partial charge in [-0.05, 0) is 36.1 Å². The quantitative estimate of drug-likeness (QED) is 0.627. The Bertz CT molecular complexity index is 822. The van der Waals surface area contributed by atoms with E-state index in [1.54, 1.807) is 0 Å². The summed E-state index contributed by atoms with van der Waals surface area (Å²) >= 11 is 0. The highest BCUT2D eigenvalue weighted by atomic mass is 35.5. The SMILES string of the molecule is Cl.c1ccc(-c2ccccc2OC[C@H]2CNCC[C@H]2c2ccccc2)cc1. The van der Waals surface area contributed by atoms with Crippen LogP contribution in [0.1, 0.15) is 17.9 Å². The zero-order valence-corrected chi connectivity index (χ0v) is 16.2. The van der Waals surface area contributed by atoms with Crippen LogP contribution in [0.4, 0.5) is 0 Å². The predicted molar refractivity (Wildman–Crippen MR) is 115 cm³/mol. The van der Waals surface area contributed by atoms with E-state index < -0.39 is 0 Å². The van der Waals surface area contributed by atoms with Crippen LogP contribution in [0.2, 0.25) is 0 Å². The summed E-state index contributed by atoms with van der Waals surface area (Å²) in [6, 6.07) is 29.7. The van der Waals surface area contributed by atoms with Gasteiger partial charge in [-0.25, -0.2) is 0 Å². The van der Waals surface area contributed by atoms with E-state index in [9.17, 15) is 0 Å². The van der Waals surface area contributed by atoms with Crippen molar-refractivity contribution in [3.8, 4) is 16.9 Å². The van der Waals surface area contributed by atoms with E-state index in [2.05, 4.69) is 84.2 Å². The lowest BCUT2D eigenvalue weighted by Gasteiger charge is -2.32. The summed E-state index contributed by atoms with van der Waals surface area (Å²) in [4.78, 5) is 0. The lowest BCUT2D eigenvalue weighted by atomic mass is 9.81. The molecule has 1 fully saturated rings. The number of nitrogens with one attached hydrogen (secondary N) is 1. The molecule has 1 aliphatic rings. The van der Waals surface area contributed by atoms with Gasteiger partial charge < -0.3 is 10.1 Å². The van der Waals surface area contributed by atoms with Crippen molar-refractivity contribution in [1.82, 2.24) is 5.32 Å². The van der Waals surface area contributed by atoms with E-state index in [0.29, 0.717) is 11.8 Å². The molecule has 1 aliphatic heterocycles. The number of hydrogen-bond acceptors (Lipinski definition) is 2. The van der Waals surface area contributed by atoms with E-state index in [-0.39, 0.29) is 12.4 Å². The normalized spacial score (nSPS) is 19.1. The second kappa shape index (κ2) is 9.59. The molecule has 0 amide bonds. The predicted octanol–water partition coefficient (Wildman–Crippen LogP) is 5.55. The summed E-state index contributed by atoms with van der Waals surface area (Å²) in [5.41, 5.74) is 3.79. The Morgan fingerprint density at radius 3 is 2.26 bits per heavy atom. The first-order chi connectivity index (χ1) is 12.9. The van der Waals surface area contributed by atoms with Gasteiger partial charge in [0.05, 0.1) is 6.61 Å². The summed E-state index contributed by atoms with van der Waals surface area (Å²) in [7, 11) is 0. The van der Waals surface area contributed by atoms with Crippen LogP contribution in [0, 0.1) is 5.92 Å². The Labute approximate surface area is 168 Å². The maximum Gasteiger partial charge on any atom is 0.127 e. The van der Waals surface area contributed by atoms with E-state index in [4.69, 9.17) is 4.74 Å². The minimum atomic E-state index is 0. The molecule has 0 unspecified atom stereocenters. The van der Waals surface area contributed by atoms with Crippen molar-refractivity contribution in [2.45, 2.75) is 12.3 Å². The monoisotopic (exact) mass is 379 g/mol. The van der Waals surface area contributed by atoms with Gasteiger partial charge in [-0.1, -0.05) is 78.9 Å². The van der Waals surface area contributed by atoms with Crippen LogP contribution in [0.25, 0.3) is 11.1 Å². The van der Waals surface area contributed by atoms with E-state index in [1.165, 1.54) is 17.5 Å². The van der Waals surface area contributed by atoms with Gasteiger partial charge in [0.25, 0.3) is 0 Å². The largest absolute Gasteiger partial charge is 0.493 e. The van der Waals surface area contributed by atoms with Crippen LogP contribution in [-0.4, -0.2) is 19.7 Å². The van der Waals surface area contributed by atoms with Gasteiger partial charge >= 0.3 is 0 Å². The fourth-order valence-corrected chi connectivity index (χ4v) is 3.88. The summed E-state index contributed by atoms with van der Waals surface area (Å²) in [6.45, 7) is 2.82. The zero-order chi connectivity index (χ0) is 17.6. The number of piperidine rings is 1. The number of rotatable bonds is 5. The first-order valence-corrected chi connectivity index (χ1v) is 9.45. The fraction of sp³-hybridized carbons (Fsp3) is 0.250. The van der Waals surface area contributed by atoms with E-state index >= 15 is 0 Å². The summed E-state index contributed by atoms with van der Waals surface area (Å²) in [6.07, 6.45) is 1.17. The number of halogens is 1. The van der Waals surface area contributed by atoms with Crippen LogP contribution >= 0.6 is 12.4 Å². The zero-order valence-electron chi connectivity index (χ0n) is 15.4. The van der Waals surface area contributed by atoms with Gasteiger partial charge in [0.15, 0.2) is 0 Å². The molecular weight excluding hydrogens is 354 g/mol. The molecule has 0 saturated carbocycles. The Hall–Kier alpha value is -2.29. The molecule has 2 nitrogen and oxygen atoms in total. The van der Waals surface area contributed by atoms with Crippen molar-refractivity contribution in [3.63, 3.8) is 0 Å². The Morgan fingerprint density at radius 2 is 1.48 bits per heavy atom.